The van der Waals surface area contributed by atoms with Crippen LogP contribution >= 0.6 is 11.8 Å². The normalized spacial score (nSPS) is 16.6. The number of thioether (sulfide) groups is 1. The van der Waals surface area contributed by atoms with Gasteiger partial charge in [-0.2, -0.15) is 4.99 Å². The highest BCUT2D eigenvalue weighted by molar-refractivity contribution is 8.14. The number of hydrogen-bond donors (Lipinski definition) is 2. The van der Waals surface area contributed by atoms with Crippen LogP contribution in [0.4, 0.5) is 4.79 Å². The van der Waals surface area contributed by atoms with Crippen LogP contribution in [-0.2, 0) is 9.53 Å². The monoisotopic (exact) mass is 371 g/mol. The number of primary amides is 1. The van der Waals surface area contributed by atoms with E-state index in [-0.39, 0.29) is 28.3 Å². The third-order valence-corrected chi connectivity index (χ3v) is 5.48. The molecule has 142 valence electrons. The highest BCUT2D eigenvalue weighted by Gasteiger charge is 2.32. The van der Waals surface area contributed by atoms with Crippen molar-refractivity contribution in [3.05, 3.63) is 0 Å². The van der Waals surface area contributed by atoms with E-state index in [0.29, 0.717) is 19.7 Å². The lowest BCUT2D eigenvalue weighted by Gasteiger charge is -2.27. The molecule has 1 aliphatic rings. The Morgan fingerprint density at radius 3 is 2.48 bits per heavy atom. The number of urea groups is 1. The third-order valence-electron chi connectivity index (χ3n) is 4.32. The molecule has 25 heavy (non-hydrogen) atoms. The van der Waals surface area contributed by atoms with Crippen LogP contribution in [0.1, 0.15) is 52.9 Å². The SMILES string of the molecule is CCOC(=O)C(SC(=N)/N=C\[NH2+]C(=O)N(CC)CC)C1CCCCC1. The Hall–Kier alpha value is -1.41. The second-order valence-corrected chi connectivity index (χ2v) is 7.08. The van der Waals surface area contributed by atoms with Crippen LogP contribution in [0.25, 0.3) is 0 Å². The molecule has 8 heteroatoms. The van der Waals surface area contributed by atoms with E-state index in [2.05, 4.69) is 4.99 Å². The first kappa shape index (κ1) is 21.6. The van der Waals surface area contributed by atoms with Crippen molar-refractivity contribution < 1.29 is 19.6 Å². The van der Waals surface area contributed by atoms with Gasteiger partial charge in [-0.15, -0.1) is 0 Å². The quantitative estimate of drug-likeness (QED) is 0.407. The highest BCUT2D eigenvalue weighted by Crippen LogP contribution is 2.34. The molecule has 0 aromatic carbocycles. The Balaban J connectivity index is 2.60. The van der Waals surface area contributed by atoms with Gasteiger partial charge in [0.25, 0.3) is 0 Å². The summed E-state index contributed by atoms with van der Waals surface area (Å²) < 4.78 is 5.18. The van der Waals surface area contributed by atoms with Gasteiger partial charge in [-0.3, -0.25) is 15.1 Å². The average Bonchev–Trinajstić information content (AvgIpc) is 2.61. The predicted molar refractivity (Wildman–Crippen MR) is 101 cm³/mol. The summed E-state index contributed by atoms with van der Waals surface area (Å²) in [6.45, 7) is 7.23. The summed E-state index contributed by atoms with van der Waals surface area (Å²) in [4.78, 5) is 29.8. The molecule has 0 aromatic heterocycles. The molecule has 0 heterocycles. The zero-order valence-electron chi connectivity index (χ0n) is 15.5. The van der Waals surface area contributed by atoms with Gasteiger partial charge >= 0.3 is 12.0 Å². The predicted octanol–water partition coefficient (Wildman–Crippen LogP) is 2.22. The number of nitrogens with two attached hydrogens (primary N) is 1. The number of hydrogen-bond acceptors (Lipinski definition) is 5. The van der Waals surface area contributed by atoms with Crippen molar-refractivity contribution in [3.8, 4) is 0 Å². The summed E-state index contributed by atoms with van der Waals surface area (Å²) in [6, 6.07) is -0.124. The van der Waals surface area contributed by atoms with E-state index in [1.807, 2.05) is 13.8 Å². The summed E-state index contributed by atoms with van der Waals surface area (Å²) in [5.41, 5.74) is 0. The van der Waals surface area contributed by atoms with Gasteiger partial charge in [0.05, 0.1) is 6.61 Å². The second-order valence-electron chi connectivity index (χ2n) is 5.95. The number of carbonyl (C=O) groups excluding carboxylic acids is 2. The lowest BCUT2D eigenvalue weighted by Crippen LogP contribution is -2.89. The lowest BCUT2D eigenvalue weighted by atomic mass is 9.87. The summed E-state index contributed by atoms with van der Waals surface area (Å²) in [5, 5.41) is 9.03. The van der Waals surface area contributed by atoms with Gasteiger partial charge in [-0.1, -0.05) is 31.0 Å². The maximum atomic E-state index is 12.3. The summed E-state index contributed by atoms with van der Waals surface area (Å²) in [5.74, 6) is -0.0304. The molecular weight excluding hydrogens is 340 g/mol. The topological polar surface area (TPSA) is 99.4 Å². The Bertz CT molecular complexity index is 475. The van der Waals surface area contributed by atoms with E-state index in [1.54, 1.807) is 11.8 Å². The fourth-order valence-corrected chi connectivity index (χ4v) is 3.95. The molecule has 1 aliphatic carbocycles. The van der Waals surface area contributed by atoms with E-state index in [1.165, 1.54) is 18.1 Å². The molecule has 3 N–H and O–H groups in total. The number of esters is 1. The summed E-state index contributed by atoms with van der Waals surface area (Å²) in [6.07, 6.45) is 6.75. The fourth-order valence-electron chi connectivity index (χ4n) is 2.96. The van der Waals surface area contributed by atoms with Gasteiger partial charge in [0.1, 0.15) is 5.25 Å². The molecule has 0 aliphatic heterocycles. The van der Waals surface area contributed by atoms with Gasteiger partial charge < -0.3 is 4.74 Å². The largest absolute Gasteiger partial charge is 0.465 e. The second kappa shape index (κ2) is 12.0. The smallest absolute Gasteiger partial charge is 0.421 e. The number of quaternary nitrogens is 1. The van der Waals surface area contributed by atoms with Crippen molar-refractivity contribution in [2.24, 2.45) is 10.9 Å². The van der Waals surface area contributed by atoms with Crippen LogP contribution in [0, 0.1) is 11.3 Å². The Labute approximate surface area is 154 Å². The van der Waals surface area contributed by atoms with Crippen molar-refractivity contribution >= 4 is 35.3 Å². The molecule has 0 spiro atoms. The number of nitrogens with zero attached hydrogens (tertiary/aromatic N) is 2. The molecule has 7 nitrogen and oxygen atoms in total. The van der Waals surface area contributed by atoms with Gasteiger partial charge in [-0.25, -0.2) is 10.1 Å². The highest BCUT2D eigenvalue weighted by atomic mass is 32.2. The van der Waals surface area contributed by atoms with Crippen LogP contribution in [0.5, 0.6) is 0 Å². The molecule has 1 fully saturated rings. The first-order chi connectivity index (χ1) is 12.0. The first-order valence-electron chi connectivity index (χ1n) is 9.11. The van der Waals surface area contributed by atoms with Gasteiger partial charge in [0, 0.05) is 13.1 Å². The fraction of sp³-hybridized carbons (Fsp3) is 0.765. The van der Waals surface area contributed by atoms with Gasteiger partial charge in [0.2, 0.25) is 0 Å². The van der Waals surface area contributed by atoms with Crippen molar-refractivity contribution in [3.63, 3.8) is 0 Å². The zero-order chi connectivity index (χ0) is 18.7. The van der Waals surface area contributed by atoms with Crippen LogP contribution in [0.2, 0.25) is 0 Å². The molecule has 0 radical (unpaired) electrons. The van der Waals surface area contributed by atoms with Crippen molar-refractivity contribution in [2.45, 2.75) is 58.1 Å². The van der Waals surface area contributed by atoms with Crippen molar-refractivity contribution in [1.82, 2.24) is 4.90 Å². The molecule has 1 rings (SSSR count). The third kappa shape index (κ3) is 7.56. The number of amides is 2. The van der Waals surface area contributed by atoms with E-state index < -0.39 is 0 Å². The zero-order valence-corrected chi connectivity index (χ0v) is 16.3. The maximum absolute atomic E-state index is 12.3. The number of rotatable bonds is 7. The Kier molecular flexibility index (Phi) is 10.4. The molecule has 1 unspecified atom stereocenters. The van der Waals surface area contributed by atoms with E-state index in [4.69, 9.17) is 10.1 Å². The molecule has 1 saturated carbocycles. The molecule has 0 saturated heterocycles. The minimum absolute atomic E-state index is 0.0345. The number of ether oxygens (including phenoxy) is 1. The first-order valence-corrected chi connectivity index (χ1v) is 9.99. The van der Waals surface area contributed by atoms with E-state index >= 15 is 0 Å². The number of aliphatic imine (C=N–C) groups is 1. The average molecular weight is 372 g/mol. The molecular formula is C17H31N4O3S+. The van der Waals surface area contributed by atoms with Crippen molar-refractivity contribution in [2.75, 3.05) is 19.7 Å². The Morgan fingerprint density at radius 1 is 1.28 bits per heavy atom. The maximum Gasteiger partial charge on any atom is 0.421 e. The summed E-state index contributed by atoms with van der Waals surface area (Å²) in [7, 11) is 0. The molecule has 2 amide bonds. The van der Waals surface area contributed by atoms with Crippen LogP contribution in [0.3, 0.4) is 0 Å². The number of amidine groups is 1. The minimum Gasteiger partial charge on any atom is -0.465 e. The van der Waals surface area contributed by atoms with E-state index in [9.17, 15) is 9.59 Å². The minimum atomic E-state index is -0.386. The molecule has 1 atom stereocenters. The number of carbonyl (C=O) groups is 2. The molecule has 0 aromatic rings. The summed E-state index contributed by atoms with van der Waals surface area (Å²) >= 11 is 1.14. The van der Waals surface area contributed by atoms with Crippen LogP contribution in [-0.4, -0.2) is 53.4 Å². The molecule has 0 bridgehead atoms. The van der Waals surface area contributed by atoms with E-state index in [0.717, 1.165) is 37.4 Å². The number of nitrogens with one attached hydrogen (secondary N) is 1. The van der Waals surface area contributed by atoms with Crippen LogP contribution in [0.15, 0.2) is 4.99 Å². The standard InChI is InChI=1S/C17H30N4O3S/c1-4-21(5-2)17(23)20-12-19-16(18)25-14(15(22)24-6-3)13-10-8-7-9-11-13/h12-14H,4-11H2,1-3H3,(H2,18,19,20,23)/p+1. The van der Waals surface area contributed by atoms with Gasteiger partial charge in [-0.05, 0) is 39.5 Å². The van der Waals surface area contributed by atoms with Crippen LogP contribution < -0.4 is 5.32 Å². The van der Waals surface area contributed by atoms with Crippen molar-refractivity contribution in [1.29, 1.82) is 5.41 Å². The lowest BCUT2D eigenvalue weighted by molar-refractivity contribution is -0.429. The van der Waals surface area contributed by atoms with Gasteiger partial charge in [0.15, 0.2) is 11.5 Å². The Morgan fingerprint density at radius 2 is 1.92 bits per heavy atom.